The molecule has 0 aliphatic rings. The van der Waals surface area contributed by atoms with Gasteiger partial charge < -0.3 is 0 Å². The smallest absolute Gasteiger partial charge is 0.0794 e. The summed E-state index contributed by atoms with van der Waals surface area (Å²) in [4.78, 5) is 5.16. The number of hydrogen-bond donors (Lipinski definition) is 0. The zero-order valence-corrected chi connectivity index (χ0v) is 5.87. The Morgan fingerprint density at radius 1 is 1.75 bits per heavy atom. The standard InChI is InChI=1S/C5H6ClNS/c6-2-1-5-3-7-4-8-5/h3-4H,1-2H2. The first-order valence-corrected chi connectivity index (χ1v) is 3.78. The van der Waals surface area contributed by atoms with E-state index < -0.39 is 0 Å². The van der Waals surface area contributed by atoms with Crippen molar-refractivity contribution in [2.75, 3.05) is 5.88 Å². The number of aromatic nitrogens is 1. The van der Waals surface area contributed by atoms with Crippen LogP contribution in [0.15, 0.2) is 11.7 Å². The van der Waals surface area contributed by atoms with Crippen LogP contribution in [0.1, 0.15) is 4.88 Å². The van der Waals surface area contributed by atoms with E-state index in [9.17, 15) is 0 Å². The van der Waals surface area contributed by atoms with Gasteiger partial charge in [0.15, 0.2) is 0 Å². The summed E-state index contributed by atoms with van der Waals surface area (Å²) < 4.78 is 0. The highest BCUT2D eigenvalue weighted by Gasteiger charge is 1.89. The number of halogens is 1. The number of thiazole rings is 1. The Morgan fingerprint density at radius 2 is 2.62 bits per heavy atom. The van der Waals surface area contributed by atoms with E-state index in [1.807, 2.05) is 11.7 Å². The molecule has 1 aromatic heterocycles. The molecule has 0 fully saturated rings. The normalized spacial score (nSPS) is 9.62. The van der Waals surface area contributed by atoms with Crippen molar-refractivity contribution < 1.29 is 0 Å². The van der Waals surface area contributed by atoms with Crippen molar-refractivity contribution in [3.8, 4) is 0 Å². The Kier molecular flexibility index (Phi) is 2.30. The number of rotatable bonds is 2. The minimum atomic E-state index is 0.697. The van der Waals surface area contributed by atoms with Crippen molar-refractivity contribution in [2.24, 2.45) is 0 Å². The molecular formula is C5H6ClNS. The fourth-order valence-electron chi connectivity index (χ4n) is 0.459. The summed E-state index contributed by atoms with van der Waals surface area (Å²) in [5.41, 5.74) is 1.82. The first kappa shape index (κ1) is 6.05. The molecular weight excluding hydrogens is 142 g/mol. The highest BCUT2D eigenvalue weighted by Crippen LogP contribution is 2.05. The summed E-state index contributed by atoms with van der Waals surface area (Å²) in [7, 11) is 0. The van der Waals surface area contributed by atoms with Crippen LogP contribution in [-0.4, -0.2) is 10.9 Å². The van der Waals surface area contributed by atoms with Crippen molar-refractivity contribution in [3.63, 3.8) is 0 Å². The number of hydrogen-bond acceptors (Lipinski definition) is 2. The summed E-state index contributed by atoms with van der Waals surface area (Å²) in [6.07, 6.45) is 2.80. The van der Waals surface area contributed by atoms with E-state index in [0.29, 0.717) is 5.88 Å². The van der Waals surface area contributed by atoms with Gasteiger partial charge in [0, 0.05) is 17.0 Å². The molecule has 0 N–H and O–H groups in total. The molecule has 0 aromatic carbocycles. The lowest BCUT2D eigenvalue weighted by atomic mass is 10.4. The Balaban J connectivity index is 2.50. The minimum Gasteiger partial charge on any atom is -0.253 e. The molecule has 0 aliphatic heterocycles. The van der Waals surface area contributed by atoms with E-state index in [1.165, 1.54) is 4.88 Å². The monoisotopic (exact) mass is 147 g/mol. The van der Waals surface area contributed by atoms with Crippen LogP contribution in [0.4, 0.5) is 0 Å². The molecule has 1 nitrogen and oxygen atoms in total. The van der Waals surface area contributed by atoms with Gasteiger partial charge in [0.05, 0.1) is 5.51 Å². The van der Waals surface area contributed by atoms with Crippen molar-refractivity contribution in [3.05, 3.63) is 16.6 Å². The average Bonchev–Trinajstić information content (AvgIpc) is 2.19. The van der Waals surface area contributed by atoms with Gasteiger partial charge in [-0.05, 0) is 6.42 Å². The molecule has 1 aromatic rings. The maximum absolute atomic E-state index is 5.47. The maximum Gasteiger partial charge on any atom is 0.0794 e. The second-order valence-electron chi connectivity index (χ2n) is 1.41. The van der Waals surface area contributed by atoms with Crippen molar-refractivity contribution >= 4 is 22.9 Å². The number of aryl methyl sites for hydroxylation is 1. The Labute approximate surface area is 57.3 Å². The second-order valence-corrected chi connectivity index (χ2v) is 2.76. The fourth-order valence-corrected chi connectivity index (χ4v) is 1.37. The van der Waals surface area contributed by atoms with Gasteiger partial charge in [-0.1, -0.05) is 0 Å². The largest absolute Gasteiger partial charge is 0.253 e. The van der Waals surface area contributed by atoms with E-state index in [4.69, 9.17) is 11.6 Å². The van der Waals surface area contributed by atoms with Crippen LogP contribution < -0.4 is 0 Å². The van der Waals surface area contributed by atoms with Crippen LogP contribution in [0.2, 0.25) is 0 Å². The van der Waals surface area contributed by atoms with E-state index in [2.05, 4.69) is 4.98 Å². The molecule has 0 unspecified atom stereocenters. The van der Waals surface area contributed by atoms with Crippen LogP contribution in [0.5, 0.6) is 0 Å². The Hall–Kier alpha value is -0.0800. The summed E-state index contributed by atoms with van der Waals surface area (Å²) in [6, 6.07) is 0. The van der Waals surface area contributed by atoms with Gasteiger partial charge in [0.25, 0.3) is 0 Å². The van der Waals surface area contributed by atoms with Gasteiger partial charge in [-0.2, -0.15) is 0 Å². The third kappa shape index (κ3) is 1.46. The summed E-state index contributed by atoms with van der Waals surface area (Å²) in [6.45, 7) is 0. The van der Waals surface area contributed by atoms with Gasteiger partial charge in [0.2, 0.25) is 0 Å². The molecule has 1 heterocycles. The minimum absolute atomic E-state index is 0.697. The zero-order valence-electron chi connectivity index (χ0n) is 4.30. The van der Waals surface area contributed by atoms with E-state index in [0.717, 1.165) is 6.42 Å². The van der Waals surface area contributed by atoms with E-state index >= 15 is 0 Å². The average molecular weight is 148 g/mol. The third-order valence-corrected chi connectivity index (χ3v) is 1.85. The van der Waals surface area contributed by atoms with Crippen LogP contribution in [0, 0.1) is 0 Å². The molecule has 0 amide bonds. The van der Waals surface area contributed by atoms with E-state index in [-0.39, 0.29) is 0 Å². The predicted molar refractivity (Wildman–Crippen MR) is 36.5 cm³/mol. The third-order valence-electron chi connectivity index (χ3n) is 0.824. The lowest BCUT2D eigenvalue weighted by Gasteiger charge is -1.82. The van der Waals surface area contributed by atoms with Crippen LogP contribution in [0.25, 0.3) is 0 Å². The summed E-state index contributed by atoms with van der Waals surface area (Å²) in [5.74, 6) is 0.697. The molecule has 1 rings (SSSR count). The molecule has 0 spiro atoms. The van der Waals surface area contributed by atoms with Crippen molar-refractivity contribution in [1.29, 1.82) is 0 Å². The highest BCUT2D eigenvalue weighted by atomic mass is 35.5. The number of nitrogens with zero attached hydrogens (tertiary/aromatic N) is 1. The molecule has 0 aliphatic carbocycles. The molecule has 0 bridgehead atoms. The molecule has 44 valence electrons. The molecule has 0 saturated carbocycles. The van der Waals surface area contributed by atoms with Crippen LogP contribution in [-0.2, 0) is 6.42 Å². The first-order valence-electron chi connectivity index (χ1n) is 2.37. The summed E-state index contributed by atoms with van der Waals surface area (Å²) in [5, 5.41) is 0. The van der Waals surface area contributed by atoms with Crippen molar-refractivity contribution in [1.82, 2.24) is 4.98 Å². The first-order chi connectivity index (χ1) is 3.93. The molecule has 3 heteroatoms. The molecule has 8 heavy (non-hydrogen) atoms. The lowest BCUT2D eigenvalue weighted by molar-refractivity contribution is 1.18. The highest BCUT2D eigenvalue weighted by molar-refractivity contribution is 7.09. The Bertz CT molecular complexity index is 138. The maximum atomic E-state index is 5.47. The predicted octanol–water partition coefficient (Wildman–Crippen LogP) is 1.92. The lowest BCUT2D eigenvalue weighted by Crippen LogP contribution is -1.77. The van der Waals surface area contributed by atoms with Crippen LogP contribution >= 0.6 is 22.9 Å². The summed E-state index contributed by atoms with van der Waals surface area (Å²) >= 11 is 7.12. The van der Waals surface area contributed by atoms with Gasteiger partial charge in [0.1, 0.15) is 0 Å². The zero-order chi connectivity index (χ0) is 5.82. The van der Waals surface area contributed by atoms with Crippen molar-refractivity contribution in [2.45, 2.75) is 6.42 Å². The topological polar surface area (TPSA) is 12.9 Å². The van der Waals surface area contributed by atoms with Gasteiger partial charge in [-0.15, -0.1) is 22.9 Å². The Morgan fingerprint density at radius 3 is 3.12 bits per heavy atom. The van der Waals surface area contributed by atoms with E-state index in [1.54, 1.807) is 11.3 Å². The fraction of sp³-hybridized carbons (Fsp3) is 0.400. The number of alkyl halides is 1. The SMILES string of the molecule is ClCCc1cncs1. The molecule has 0 atom stereocenters. The molecule has 0 radical (unpaired) electrons. The quantitative estimate of drug-likeness (QED) is 0.583. The molecule has 0 saturated heterocycles. The second kappa shape index (κ2) is 3.05. The van der Waals surface area contributed by atoms with Gasteiger partial charge in [-0.3, -0.25) is 4.98 Å². The van der Waals surface area contributed by atoms with Crippen LogP contribution in [0.3, 0.4) is 0 Å². The van der Waals surface area contributed by atoms with Gasteiger partial charge in [-0.25, -0.2) is 0 Å². The van der Waals surface area contributed by atoms with Gasteiger partial charge >= 0.3 is 0 Å².